The molecule has 0 radical (unpaired) electrons. The Bertz CT molecular complexity index is 1080. The van der Waals surface area contributed by atoms with E-state index in [9.17, 15) is 13.0 Å². The molecule has 0 spiro atoms. The first kappa shape index (κ1) is 41.8. The molecular weight excluding hydrogens is 627 g/mol. The van der Waals surface area contributed by atoms with Gasteiger partial charge in [-0.05, 0) is 50.7 Å². The average Bonchev–Trinajstić information content (AvgIpc) is 3.75. The highest BCUT2D eigenvalue weighted by molar-refractivity contribution is 7.85. The molecule has 8 heteroatoms. The summed E-state index contributed by atoms with van der Waals surface area (Å²) in [4.78, 5) is -0.178. The Hall–Kier alpha value is -1.32. The highest BCUT2D eigenvalue weighted by Crippen LogP contribution is 2.25. The van der Waals surface area contributed by atoms with E-state index in [-0.39, 0.29) is 4.90 Å². The van der Waals surface area contributed by atoms with Gasteiger partial charge in [-0.2, -0.15) is 4.57 Å². The molecule has 1 aromatic carbocycles. The van der Waals surface area contributed by atoms with Crippen molar-refractivity contribution >= 4 is 21.5 Å². The molecule has 0 aliphatic carbocycles. The van der Waals surface area contributed by atoms with Crippen LogP contribution < -0.4 is 4.57 Å². The summed E-state index contributed by atoms with van der Waals surface area (Å²) in [7, 11) is -4.27. The van der Waals surface area contributed by atoms with E-state index in [4.69, 9.17) is 9.47 Å². The minimum Gasteiger partial charge on any atom is -0.744 e. The normalized spacial score (nSPS) is 16.3. The zero-order valence-electron chi connectivity index (χ0n) is 29.9. The summed E-state index contributed by atoms with van der Waals surface area (Å²) in [5.41, 5.74) is 3.13. The molecule has 2 atom stereocenters. The SMILES string of the molecule is CCCCCCCCCCCCCCCCC[C@H]1CO[C@H](COCCCCCCC[n+]2ccsc2)C1.Cc1ccc(S(=O)(=O)[O-])cc1. The standard InChI is InChI=1S/C32H60NO2S.C7H8O3S/c1-2-3-4-5-6-7-8-9-10-11-12-13-14-16-19-22-31-27-32(35-28-31)29-34-25-21-18-15-17-20-23-33-24-26-36-30-33;1-6-2-4-7(5-3-6)11(8,9)10/h24,26,30-32H,2-23,25,27-29H2,1H3;2-5H,1H3,(H,8,9,10)/q+1;/p-1/t31-,32+;/m1./s1. The zero-order valence-corrected chi connectivity index (χ0v) is 31.5. The Balaban J connectivity index is 0.000000587. The summed E-state index contributed by atoms with van der Waals surface area (Å²) in [5.74, 6) is 0.779. The third-order valence-electron chi connectivity index (χ3n) is 9.23. The highest BCUT2D eigenvalue weighted by atomic mass is 32.2. The average molecular weight is 694 g/mol. The summed E-state index contributed by atoms with van der Waals surface area (Å²) in [6.45, 7) is 7.97. The van der Waals surface area contributed by atoms with E-state index >= 15 is 0 Å². The molecule has 1 aliphatic heterocycles. The van der Waals surface area contributed by atoms with Crippen molar-refractivity contribution in [3.8, 4) is 0 Å². The highest BCUT2D eigenvalue weighted by Gasteiger charge is 2.25. The fourth-order valence-electron chi connectivity index (χ4n) is 6.24. The molecule has 0 bridgehead atoms. The van der Waals surface area contributed by atoms with Gasteiger partial charge in [0.25, 0.3) is 0 Å². The first-order valence-corrected chi connectivity index (χ1v) is 21.4. The summed E-state index contributed by atoms with van der Waals surface area (Å²) in [6, 6.07) is 5.78. The summed E-state index contributed by atoms with van der Waals surface area (Å²) >= 11 is 1.78. The van der Waals surface area contributed by atoms with Crippen LogP contribution in [0.5, 0.6) is 0 Å². The maximum Gasteiger partial charge on any atom is 0.224 e. The van der Waals surface area contributed by atoms with Gasteiger partial charge in [0.15, 0.2) is 6.20 Å². The van der Waals surface area contributed by atoms with Crippen LogP contribution in [0.15, 0.2) is 46.2 Å². The van der Waals surface area contributed by atoms with Gasteiger partial charge in [-0.25, -0.2) is 8.42 Å². The molecule has 6 nitrogen and oxygen atoms in total. The van der Waals surface area contributed by atoms with Crippen molar-refractivity contribution in [1.82, 2.24) is 0 Å². The molecule has 0 saturated carbocycles. The number of ether oxygens (including phenoxy) is 2. The molecule has 47 heavy (non-hydrogen) atoms. The molecule has 0 amide bonds. The van der Waals surface area contributed by atoms with Crippen molar-refractivity contribution in [3.05, 3.63) is 46.9 Å². The maximum atomic E-state index is 10.4. The fraction of sp³-hybridized carbons (Fsp3) is 0.769. The van der Waals surface area contributed by atoms with Crippen LogP contribution in [-0.4, -0.2) is 38.9 Å². The number of nitrogens with zero attached hydrogens (tertiary/aromatic N) is 1. The zero-order chi connectivity index (χ0) is 33.8. The van der Waals surface area contributed by atoms with Crippen molar-refractivity contribution < 1.29 is 27.0 Å². The van der Waals surface area contributed by atoms with E-state index in [2.05, 4.69) is 28.6 Å². The van der Waals surface area contributed by atoms with Gasteiger partial charge >= 0.3 is 0 Å². The van der Waals surface area contributed by atoms with E-state index in [1.54, 1.807) is 23.5 Å². The van der Waals surface area contributed by atoms with E-state index in [1.165, 1.54) is 160 Å². The van der Waals surface area contributed by atoms with Crippen molar-refractivity contribution in [2.75, 3.05) is 19.8 Å². The van der Waals surface area contributed by atoms with E-state index < -0.39 is 10.1 Å². The van der Waals surface area contributed by atoms with Gasteiger partial charge in [0.05, 0.1) is 23.0 Å². The number of hydrogen-bond donors (Lipinski definition) is 0. The molecule has 1 aromatic heterocycles. The minimum absolute atomic E-state index is 0.178. The van der Waals surface area contributed by atoms with Crippen LogP contribution in [-0.2, 0) is 26.1 Å². The lowest BCUT2D eigenvalue weighted by Gasteiger charge is -2.10. The molecule has 0 unspecified atom stereocenters. The number of aryl methyl sites for hydroxylation is 2. The van der Waals surface area contributed by atoms with Crippen LogP contribution in [0.4, 0.5) is 0 Å². The van der Waals surface area contributed by atoms with Gasteiger partial charge in [0.1, 0.15) is 16.7 Å². The van der Waals surface area contributed by atoms with Crippen LogP contribution in [0.3, 0.4) is 0 Å². The van der Waals surface area contributed by atoms with Gasteiger partial charge in [0.2, 0.25) is 5.51 Å². The van der Waals surface area contributed by atoms with Crippen LogP contribution in [0.25, 0.3) is 0 Å². The second-order valence-corrected chi connectivity index (χ2v) is 15.8. The maximum absolute atomic E-state index is 10.4. The topological polar surface area (TPSA) is 79.5 Å². The van der Waals surface area contributed by atoms with Gasteiger partial charge in [-0.1, -0.05) is 145 Å². The number of benzene rings is 1. The molecular formula is C39H67NO5S2. The predicted octanol–water partition coefficient (Wildman–Crippen LogP) is 10.6. The second-order valence-electron chi connectivity index (χ2n) is 13.7. The van der Waals surface area contributed by atoms with Crippen LogP contribution >= 0.6 is 11.3 Å². The molecule has 270 valence electrons. The number of rotatable bonds is 27. The van der Waals surface area contributed by atoms with Gasteiger partial charge in [0, 0.05) is 19.6 Å². The lowest BCUT2D eigenvalue weighted by Crippen LogP contribution is -2.29. The summed E-state index contributed by atoms with van der Waals surface area (Å²) in [6.07, 6.45) is 33.2. The molecule has 1 saturated heterocycles. The first-order valence-electron chi connectivity index (χ1n) is 19.0. The first-order chi connectivity index (χ1) is 22.9. The van der Waals surface area contributed by atoms with Crippen molar-refractivity contribution in [2.45, 2.75) is 173 Å². The van der Waals surface area contributed by atoms with Crippen molar-refractivity contribution in [2.24, 2.45) is 5.92 Å². The van der Waals surface area contributed by atoms with E-state index in [0.29, 0.717) is 6.10 Å². The Morgan fingerprint density at radius 2 is 1.36 bits per heavy atom. The lowest BCUT2D eigenvalue weighted by molar-refractivity contribution is -0.692. The number of hydrogen-bond acceptors (Lipinski definition) is 6. The molecule has 3 rings (SSSR count). The molecule has 0 N–H and O–H groups in total. The Morgan fingerprint density at radius 1 is 0.809 bits per heavy atom. The molecule has 2 heterocycles. The summed E-state index contributed by atoms with van der Waals surface area (Å²) < 4.78 is 45.4. The number of aromatic nitrogens is 1. The van der Waals surface area contributed by atoms with Gasteiger partial charge in [-0.3, -0.25) is 0 Å². The van der Waals surface area contributed by atoms with Crippen molar-refractivity contribution in [3.63, 3.8) is 0 Å². The lowest BCUT2D eigenvalue weighted by atomic mass is 9.97. The predicted molar refractivity (Wildman–Crippen MR) is 195 cm³/mol. The Labute approximate surface area is 292 Å². The van der Waals surface area contributed by atoms with Crippen LogP contribution in [0, 0.1) is 12.8 Å². The number of thiazole rings is 1. The fourth-order valence-corrected chi connectivity index (χ4v) is 7.34. The summed E-state index contributed by atoms with van der Waals surface area (Å²) in [5, 5.41) is 2.15. The van der Waals surface area contributed by atoms with E-state index in [1.807, 2.05) is 6.92 Å². The third kappa shape index (κ3) is 22.9. The smallest absolute Gasteiger partial charge is 0.224 e. The van der Waals surface area contributed by atoms with Crippen LogP contribution in [0.2, 0.25) is 0 Å². The molecule has 2 aromatic rings. The minimum atomic E-state index is -4.27. The van der Waals surface area contributed by atoms with E-state index in [0.717, 1.165) is 31.3 Å². The third-order valence-corrected chi connectivity index (χ3v) is 10.7. The van der Waals surface area contributed by atoms with Crippen molar-refractivity contribution in [1.29, 1.82) is 0 Å². The largest absolute Gasteiger partial charge is 0.744 e. The Morgan fingerprint density at radius 3 is 1.91 bits per heavy atom. The molecule has 1 fully saturated rings. The monoisotopic (exact) mass is 693 g/mol. The molecule has 1 aliphatic rings. The Kier molecular flexibility index (Phi) is 24.5. The van der Waals surface area contributed by atoms with Gasteiger partial charge in [-0.15, -0.1) is 0 Å². The quantitative estimate of drug-likeness (QED) is 0.0529. The number of unbranched alkanes of at least 4 members (excludes halogenated alkanes) is 18. The van der Waals surface area contributed by atoms with Crippen LogP contribution in [0.1, 0.15) is 154 Å². The van der Waals surface area contributed by atoms with Gasteiger partial charge < -0.3 is 14.0 Å². The second kappa shape index (κ2) is 27.5.